The summed E-state index contributed by atoms with van der Waals surface area (Å²) in [4.78, 5) is 0. The van der Waals surface area contributed by atoms with E-state index in [2.05, 4.69) is 36.3 Å². The number of anilines is 1. The smallest absolute Gasteiger partial charge is 0.185 e. The van der Waals surface area contributed by atoms with Gasteiger partial charge in [-0.15, -0.1) is 5.10 Å². The van der Waals surface area contributed by atoms with E-state index in [9.17, 15) is 0 Å². The third-order valence-corrected chi connectivity index (χ3v) is 3.71. The second kappa shape index (κ2) is 6.56. The molecule has 1 heterocycles. The molecule has 21 heavy (non-hydrogen) atoms. The lowest BCUT2D eigenvalue weighted by atomic mass is 9.98. The molecule has 114 valence electrons. The fourth-order valence-electron chi connectivity index (χ4n) is 2.04. The van der Waals surface area contributed by atoms with Gasteiger partial charge in [0.2, 0.25) is 0 Å². The highest BCUT2D eigenvalue weighted by molar-refractivity contribution is 5.73. The Kier molecular flexibility index (Phi) is 4.77. The third kappa shape index (κ3) is 3.32. The summed E-state index contributed by atoms with van der Waals surface area (Å²) in [5, 5.41) is 12.1. The van der Waals surface area contributed by atoms with Gasteiger partial charge in [0.15, 0.2) is 11.6 Å². The van der Waals surface area contributed by atoms with Gasteiger partial charge in [0.25, 0.3) is 0 Å². The van der Waals surface area contributed by atoms with Crippen molar-refractivity contribution in [3.05, 3.63) is 18.2 Å². The Bertz CT molecular complexity index is 593. The molecular weight excluding hydrogens is 266 g/mol. The standard InChI is InChI=1S/C15H23N5O/c1-5-21-14-12(7-6-8-13(14)16)15-17-18-19-20(15)9-11(4)10(2)3/h6-8,10-11H,5,9,16H2,1-4H3. The Morgan fingerprint density at radius 3 is 2.71 bits per heavy atom. The van der Waals surface area contributed by atoms with Gasteiger partial charge in [-0.2, -0.15) is 0 Å². The number of tetrazole rings is 1. The zero-order valence-corrected chi connectivity index (χ0v) is 13.1. The molecule has 0 radical (unpaired) electrons. The van der Waals surface area contributed by atoms with Gasteiger partial charge in [-0.1, -0.05) is 26.8 Å². The molecule has 1 unspecified atom stereocenters. The molecule has 0 spiro atoms. The number of aromatic nitrogens is 4. The Morgan fingerprint density at radius 1 is 1.29 bits per heavy atom. The number of hydrogen-bond acceptors (Lipinski definition) is 5. The average Bonchev–Trinajstić information content (AvgIpc) is 2.89. The number of benzene rings is 1. The third-order valence-electron chi connectivity index (χ3n) is 3.71. The van der Waals surface area contributed by atoms with Crippen LogP contribution in [0, 0.1) is 11.8 Å². The predicted molar refractivity (Wildman–Crippen MR) is 82.8 cm³/mol. The van der Waals surface area contributed by atoms with E-state index in [0.29, 0.717) is 35.7 Å². The SMILES string of the molecule is CCOc1c(N)cccc1-c1nnnn1CC(C)C(C)C. The molecule has 6 nitrogen and oxygen atoms in total. The normalized spacial score (nSPS) is 12.6. The minimum atomic E-state index is 0.476. The summed E-state index contributed by atoms with van der Waals surface area (Å²) in [6, 6.07) is 5.64. The van der Waals surface area contributed by atoms with Crippen LogP contribution in [0.3, 0.4) is 0 Å². The first-order valence-electron chi connectivity index (χ1n) is 7.32. The summed E-state index contributed by atoms with van der Waals surface area (Å²) in [6.07, 6.45) is 0. The second-order valence-electron chi connectivity index (χ2n) is 5.56. The van der Waals surface area contributed by atoms with E-state index in [1.807, 2.05) is 29.8 Å². The van der Waals surface area contributed by atoms with Crippen LogP contribution in [0.2, 0.25) is 0 Å². The Hall–Kier alpha value is -2.11. The molecule has 1 atom stereocenters. The molecule has 0 aliphatic carbocycles. The van der Waals surface area contributed by atoms with Crippen LogP contribution in [0.4, 0.5) is 5.69 Å². The summed E-state index contributed by atoms with van der Waals surface area (Å²) in [5.74, 6) is 2.38. The van der Waals surface area contributed by atoms with E-state index in [0.717, 1.165) is 12.1 Å². The van der Waals surface area contributed by atoms with E-state index < -0.39 is 0 Å². The summed E-state index contributed by atoms with van der Waals surface area (Å²) in [6.45, 7) is 9.83. The van der Waals surface area contributed by atoms with E-state index in [-0.39, 0.29) is 0 Å². The van der Waals surface area contributed by atoms with E-state index >= 15 is 0 Å². The number of rotatable bonds is 6. The Morgan fingerprint density at radius 2 is 2.05 bits per heavy atom. The van der Waals surface area contributed by atoms with E-state index in [1.165, 1.54) is 0 Å². The number of ether oxygens (including phenoxy) is 1. The minimum Gasteiger partial charge on any atom is -0.491 e. The molecule has 2 N–H and O–H groups in total. The number of nitrogens with two attached hydrogens (primary N) is 1. The number of nitrogens with zero attached hydrogens (tertiary/aromatic N) is 4. The highest BCUT2D eigenvalue weighted by Crippen LogP contribution is 2.33. The topological polar surface area (TPSA) is 78.8 Å². The Labute approximate surface area is 125 Å². The van der Waals surface area contributed by atoms with Crippen LogP contribution in [-0.2, 0) is 6.54 Å². The number of para-hydroxylation sites is 1. The van der Waals surface area contributed by atoms with Crippen molar-refractivity contribution in [2.75, 3.05) is 12.3 Å². The van der Waals surface area contributed by atoms with Gasteiger partial charge in [-0.25, -0.2) is 4.68 Å². The first-order valence-corrected chi connectivity index (χ1v) is 7.32. The summed E-state index contributed by atoms with van der Waals surface area (Å²) < 4.78 is 7.49. The lowest BCUT2D eigenvalue weighted by Gasteiger charge is -2.17. The number of nitrogen functional groups attached to an aromatic ring is 1. The molecular formula is C15H23N5O. The molecule has 0 amide bonds. The molecule has 6 heteroatoms. The van der Waals surface area contributed by atoms with Crippen LogP contribution in [0.5, 0.6) is 5.75 Å². The van der Waals surface area contributed by atoms with Gasteiger partial charge >= 0.3 is 0 Å². The van der Waals surface area contributed by atoms with Crippen molar-refractivity contribution in [3.63, 3.8) is 0 Å². The zero-order valence-electron chi connectivity index (χ0n) is 13.1. The van der Waals surface area contributed by atoms with Gasteiger partial charge in [0.05, 0.1) is 17.9 Å². The van der Waals surface area contributed by atoms with Crippen molar-refractivity contribution in [2.45, 2.75) is 34.2 Å². The molecule has 0 bridgehead atoms. The first kappa shape index (κ1) is 15.3. The fraction of sp³-hybridized carbons (Fsp3) is 0.533. The summed E-state index contributed by atoms with van der Waals surface area (Å²) in [7, 11) is 0. The van der Waals surface area contributed by atoms with Gasteiger partial charge in [-0.3, -0.25) is 0 Å². The maximum Gasteiger partial charge on any atom is 0.185 e. The zero-order chi connectivity index (χ0) is 15.4. The molecule has 1 aromatic carbocycles. The first-order chi connectivity index (χ1) is 10.0. The molecule has 1 aromatic heterocycles. The molecule has 0 aliphatic rings. The summed E-state index contributed by atoms with van der Waals surface area (Å²) in [5.41, 5.74) is 7.44. The fourth-order valence-corrected chi connectivity index (χ4v) is 2.04. The van der Waals surface area contributed by atoms with Crippen molar-refractivity contribution in [1.29, 1.82) is 0 Å². The highest BCUT2D eigenvalue weighted by atomic mass is 16.5. The van der Waals surface area contributed by atoms with Crippen LogP contribution in [-0.4, -0.2) is 26.8 Å². The van der Waals surface area contributed by atoms with Crippen LogP contribution in [0.15, 0.2) is 18.2 Å². The average molecular weight is 289 g/mol. The van der Waals surface area contributed by atoms with Gasteiger partial charge in [0, 0.05) is 6.54 Å². The quantitative estimate of drug-likeness (QED) is 0.827. The van der Waals surface area contributed by atoms with Gasteiger partial charge in [-0.05, 0) is 41.3 Å². The molecule has 0 aliphatic heterocycles. The van der Waals surface area contributed by atoms with Gasteiger partial charge in [0.1, 0.15) is 0 Å². The molecule has 0 saturated heterocycles. The van der Waals surface area contributed by atoms with Crippen molar-refractivity contribution < 1.29 is 4.74 Å². The van der Waals surface area contributed by atoms with Crippen LogP contribution < -0.4 is 10.5 Å². The van der Waals surface area contributed by atoms with E-state index in [4.69, 9.17) is 10.5 Å². The largest absolute Gasteiger partial charge is 0.491 e. The molecule has 2 rings (SSSR count). The lowest BCUT2D eigenvalue weighted by Crippen LogP contribution is -2.15. The minimum absolute atomic E-state index is 0.476. The molecule has 0 saturated carbocycles. The van der Waals surface area contributed by atoms with Crippen LogP contribution in [0.25, 0.3) is 11.4 Å². The van der Waals surface area contributed by atoms with Crippen LogP contribution in [0.1, 0.15) is 27.7 Å². The Balaban J connectivity index is 2.39. The summed E-state index contributed by atoms with van der Waals surface area (Å²) >= 11 is 0. The molecule has 0 fully saturated rings. The second-order valence-corrected chi connectivity index (χ2v) is 5.56. The van der Waals surface area contributed by atoms with Crippen molar-refractivity contribution in [3.8, 4) is 17.1 Å². The highest BCUT2D eigenvalue weighted by Gasteiger charge is 2.18. The van der Waals surface area contributed by atoms with Crippen molar-refractivity contribution >= 4 is 5.69 Å². The number of hydrogen-bond donors (Lipinski definition) is 1. The maximum absolute atomic E-state index is 6.01. The lowest BCUT2D eigenvalue weighted by molar-refractivity contribution is 0.339. The van der Waals surface area contributed by atoms with E-state index in [1.54, 1.807) is 0 Å². The van der Waals surface area contributed by atoms with Gasteiger partial charge < -0.3 is 10.5 Å². The maximum atomic E-state index is 6.01. The van der Waals surface area contributed by atoms with Crippen molar-refractivity contribution in [2.24, 2.45) is 11.8 Å². The van der Waals surface area contributed by atoms with Crippen LogP contribution >= 0.6 is 0 Å². The predicted octanol–water partition coefficient (Wildman–Crippen LogP) is 2.61. The monoisotopic (exact) mass is 289 g/mol. The van der Waals surface area contributed by atoms with Crippen molar-refractivity contribution in [1.82, 2.24) is 20.2 Å². The molecule has 2 aromatic rings.